The summed E-state index contributed by atoms with van der Waals surface area (Å²) in [7, 11) is 0. The molecule has 9 heteroatoms. The molecule has 9 nitrogen and oxygen atoms in total. The predicted octanol–water partition coefficient (Wildman–Crippen LogP) is 1.89. The second-order valence-electron chi connectivity index (χ2n) is 7.74. The van der Waals surface area contributed by atoms with Gasteiger partial charge >= 0.3 is 5.97 Å². The minimum Gasteiger partial charge on any atom is -0.508 e. The molecule has 1 aromatic carbocycles. The van der Waals surface area contributed by atoms with Crippen molar-refractivity contribution < 1.29 is 19.8 Å². The number of aromatic nitrogens is 3. The number of aromatic hydroxyl groups is 1. The van der Waals surface area contributed by atoms with Crippen LogP contribution in [-0.4, -0.2) is 42.9 Å². The molecule has 4 rings (SSSR count). The van der Waals surface area contributed by atoms with E-state index in [1.54, 1.807) is 19.1 Å². The SMILES string of the molecule is Cc1nn(C2(C(N)=O)CCCCC2N)c2nc(-c3ccc(O)cc3)cc(C(=O)O)c12. The number of rotatable bonds is 4. The summed E-state index contributed by atoms with van der Waals surface area (Å²) in [6.07, 6.45) is 2.64. The molecule has 30 heavy (non-hydrogen) atoms. The molecule has 2 unspecified atom stereocenters. The quantitative estimate of drug-likeness (QED) is 0.512. The van der Waals surface area contributed by atoms with Crippen LogP contribution in [0.5, 0.6) is 5.75 Å². The molecule has 1 aliphatic rings. The fraction of sp³-hybridized carbons (Fsp3) is 0.333. The first-order valence-electron chi connectivity index (χ1n) is 9.74. The van der Waals surface area contributed by atoms with Crippen LogP contribution in [0.1, 0.15) is 41.7 Å². The standard InChI is InChI=1S/C21H23N5O4/c1-11-17-14(19(28)29)10-15(12-5-7-13(27)8-6-12)24-18(17)26(25-11)21(20(23)30)9-3-2-4-16(21)22/h5-8,10,16,27H,2-4,9,22H2,1H3,(H2,23,30)(H,28,29). The lowest BCUT2D eigenvalue weighted by Gasteiger charge is -2.39. The van der Waals surface area contributed by atoms with Crippen molar-refractivity contribution in [3.05, 3.63) is 41.6 Å². The maximum absolute atomic E-state index is 12.7. The molecule has 1 saturated carbocycles. The Bertz CT molecular complexity index is 1150. The van der Waals surface area contributed by atoms with Crippen LogP contribution in [-0.2, 0) is 10.3 Å². The van der Waals surface area contributed by atoms with Crippen LogP contribution in [0.2, 0.25) is 0 Å². The number of amides is 1. The van der Waals surface area contributed by atoms with Crippen LogP contribution >= 0.6 is 0 Å². The third kappa shape index (κ3) is 2.89. The van der Waals surface area contributed by atoms with Crippen molar-refractivity contribution in [3.8, 4) is 17.0 Å². The number of carbonyl (C=O) groups is 2. The Balaban J connectivity index is 2.05. The number of carboxylic acid groups (broad SMARTS) is 1. The molecule has 1 fully saturated rings. The van der Waals surface area contributed by atoms with E-state index in [0.29, 0.717) is 35.2 Å². The van der Waals surface area contributed by atoms with Gasteiger partial charge in [-0.25, -0.2) is 14.5 Å². The van der Waals surface area contributed by atoms with Gasteiger partial charge in [-0.3, -0.25) is 4.79 Å². The first kappa shape index (κ1) is 19.8. The van der Waals surface area contributed by atoms with Crippen LogP contribution < -0.4 is 11.5 Å². The number of carboxylic acids is 1. The summed E-state index contributed by atoms with van der Waals surface area (Å²) in [6, 6.07) is 7.17. The van der Waals surface area contributed by atoms with Gasteiger partial charge in [-0.2, -0.15) is 5.10 Å². The summed E-state index contributed by atoms with van der Waals surface area (Å²) >= 11 is 0. The zero-order valence-corrected chi connectivity index (χ0v) is 16.5. The Morgan fingerprint density at radius 3 is 2.53 bits per heavy atom. The zero-order chi connectivity index (χ0) is 21.6. The maximum atomic E-state index is 12.7. The monoisotopic (exact) mass is 409 g/mol. The summed E-state index contributed by atoms with van der Waals surface area (Å²) in [4.78, 5) is 29.4. The van der Waals surface area contributed by atoms with Gasteiger partial charge in [0.2, 0.25) is 5.91 Å². The molecular weight excluding hydrogens is 386 g/mol. The number of aryl methyl sites for hydroxylation is 1. The van der Waals surface area contributed by atoms with Gasteiger partial charge in [0.05, 0.1) is 22.3 Å². The zero-order valence-electron chi connectivity index (χ0n) is 16.5. The molecule has 156 valence electrons. The van der Waals surface area contributed by atoms with Crippen LogP contribution in [0.4, 0.5) is 0 Å². The van der Waals surface area contributed by atoms with E-state index in [1.807, 2.05) is 0 Å². The van der Waals surface area contributed by atoms with Gasteiger partial charge in [-0.15, -0.1) is 0 Å². The first-order chi connectivity index (χ1) is 14.3. The van der Waals surface area contributed by atoms with Crippen molar-refractivity contribution >= 4 is 22.9 Å². The van der Waals surface area contributed by atoms with Crippen molar-refractivity contribution in [3.63, 3.8) is 0 Å². The average molecular weight is 409 g/mol. The van der Waals surface area contributed by atoms with E-state index < -0.39 is 23.5 Å². The van der Waals surface area contributed by atoms with Crippen LogP contribution in [0.3, 0.4) is 0 Å². The summed E-state index contributed by atoms with van der Waals surface area (Å²) in [5, 5.41) is 24.3. The van der Waals surface area contributed by atoms with Crippen molar-refractivity contribution in [2.45, 2.75) is 44.2 Å². The highest BCUT2D eigenvalue weighted by Gasteiger charge is 2.48. The highest BCUT2D eigenvalue weighted by atomic mass is 16.4. The maximum Gasteiger partial charge on any atom is 0.336 e. The molecule has 1 amide bonds. The van der Waals surface area contributed by atoms with E-state index in [-0.39, 0.29) is 17.0 Å². The summed E-state index contributed by atoms with van der Waals surface area (Å²) in [5.41, 5.74) is 12.6. The predicted molar refractivity (Wildman–Crippen MR) is 110 cm³/mol. The highest BCUT2D eigenvalue weighted by Crippen LogP contribution is 2.38. The number of nitrogens with zero attached hydrogens (tertiary/aromatic N) is 3. The number of phenolic OH excluding ortho intramolecular Hbond substituents is 1. The molecule has 0 saturated heterocycles. The lowest BCUT2D eigenvalue weighted by Crippen LogP contribution is -2.60. The fourth-order valence-corrected chi connectivity index (χ4v) is 4.37. The van der Waals surface area contributed by atoms with E-state index in [2.05, 4.69) is 10.1 Å². The number of primary amides is 1. The largest absolute Gasteiger partial charge is 0.508 e. The Morgan fingerprint density at radius 1 is 1.23 bits per heavy atom. The van der Waals surface area contributed by atoms with E-state index in [4.69, 9.17) is 11.5 Å². The molecule has 0 spiro atoms. The second-order valence-corrected chi connectivity index (χ2v) is 7.74. The highest BCUT2D eigenvalue weighted by molar-refractivity contribution is 6.04. The number of nitrogens with two attached hydrogens (primary N) is 2. The average Bonchev–Trinajstić information content (AvgIpc) is 3.05. The van der Waals surface area contributed by atoms with Crippen molar-refractivity contribution in [2.24, 2.45) is 11.5 Å². The number of fused-ring (bicyclic) bond motifs is 1. The molecule has 2 heterocycles. The number of pyridine rings is 1. The first-order valence-corrected chi connectivity index (χ1v) is 9.74. The Labute approximate surface area is 172 Å². The number of hydrogen-bond acceptors (Lipinski definition) is 6. The number of carbonyl (C=O) groups excluding carboxylic acids is 1. The molecule has 3 aromatic rings. The van der Waals surface area contributed by atoms with Gasteiger partial charge in [-0.1, -0.05) is 12.8 Å². The smallest absolute Gasteiger partial charge is 0.336 e. The Kier molecular flexibility index (Phi) is 4.70. The van der Waals surface area contributed by atoms with Gasteiger partial charge in [0, 0.05) is 11.6 Å². The number of benzene rings is 1. The second kappa shape index (κ2) is 7.10. The molecule has 0 aliphatic heterocycles. The Morgan fingerprint density at radius 2 is 1.93 bits per heavy atom. The van der Waals surface area contributed by atoms with Gasteiger partial charge in [0.25, 0.3) is 0 Å². The van der Waals surface area contributed by atoms with Crippen LogP contribution in [0, 0.1) is 6.92 Å². The molecule has 2 aromatic heterocycles. The third-order valence-corrected chi connectivity index (χ3v) is 5.95. The molecule has 0 bridgehead atoms. The van der Waals surface area contributed by atoms with Gasteiger partial charge < -0.3 is 21.7 Å². The van der Waals surface area contributed by atoms with E-state index in [1.165, 1.54) is 22.9 Å². The van der Waals surface area contributed by atoms with Crippen LogP contribution in [0.25, 0.3) is 22.3 Å². The molecule has 6 N–H and O–H groups in total. The summed E-state index contributed by atoms with van der Waals surface area (Å²) < 4.78 is 1.44. The number of aromatic carboxylic acids is 1. The lowest BCUT2D eigenvalue weighted by atomic mass is 9.77. The fourth-order valence-electron chi connectivity index (χ4n) is 4.37. The third-order valence-electron chi connectivity index (χ3n) is 5.95. The lowest BCUT2D eigenvalue weighted by molar-refractivity contribution is -0.129. The van der Waals surface area contributed by atoms with Crippen molar-refractivity contribution in [1.82, 2.24) is 14.8 Å². The molecular formula is C21H23N5O4. The molecule has 0 radical (unpaired) electrons. The van der Waals surface area contributed by atoms with Gasteiger partial charge in [-0.05, 0) is 50.1 Å². The van der Waals surface area contributed by atoms with E-state index in [0.717, 1.165) is 12.8 Å². The van der Waals surface area contributed by atoms with E-state index >= 15 is 0 Å². The van der Waals surface area contributed by atoms with Gasteiger partial charge in [0.15, 0.2) is 11.2 Å². The molecule has 1 aliphatic carbocycles. The van der Waals surface area contributed by atoms with Crippen molar-refractivity contribution in [2.75, 3.05) is 0 Å². The minimum absolute atomic E-state index is 0.0239. The van der Waals surface area contributed by atoms with Gasteiger partial charge in [0.1, 0.15) is 5.75 Å². The number of hydrogen-bond donors (Lipinski definition) is 4. The Hall–Kier alpha value is -3.46. The van der Waals surface area contributed by atoms with E-state index in [9.17, 15) is 19.8 Å². The topological polar surface area (TPSA) is 157 Å². The minimum atomic E-state index is -1.28. The normalized spacial score (nSPS) is 21.6. The van der Waals surface area contributed by atoms with Crippen molar-refractivity contribution in [1.29, 1.82) is 0 Å². The number of phenols is 1. The molecule has 2 atom stereocenters. The van der Waals surface area contributed by atoms with Crippen LogP contribution in [0.15, 0.2) is 30.3 Å². The summed E-state index contributed by atoms with van der Waals surface area (Å²) in [6.45, 7) is 1.68. The summed E-state index contributed by atoms with van der Waals surface area (Å²) in [5.74, 6) is -1.65.